The highest BCUT2D eigenvalue weighted by Gasteiger charge is 2.44. The first kappa shape index (κ1) is 10.3. The second kappa shape index (κ2) is 3.55. The van der Waals surface area contributed by atoms with Gasteiger partial charge in [-0.15, -0.1) is 0 Å². The lowest BCUT2D eigenvalue weighted by atomic mass is 10.1. The van der Waals surface area contributed by atoms with Crippen LogP contribution in [0.25, 0.3) is 0 Å². The molecule has 4 nitrogen and oxygen atoms in total. The summed E-state index contributed by atoms with van der Waals surface area (Å²) >= 11 is 0. The van der Waals surface area contributed by atoms with E-state index < -0.39 is 5.92 Å². The molecule has 0 atom stereocenters. The molecule has 0 unspecified atom stereocenters. The lowest BCUT2D eigenvalue weighted by Gasteiger charge is -2.38. The minimum absolute atomic E-state index is 0.0140. The van der Waals surface area contributed by atoms with E-state index in [2.05, 4.69) is 4.84 Å². The highest BCUT2D eigenvalue weighted by molar-refractivity contribution is 5.77. The van der Waals surface area contributed by atoms with Crippen molar-refractivity contribution in [2.75, 3.05) is 33.8 Å². The fourth-order valence-electron chi connectivity index (χ4n) is 1.11. The number of hydroxylamine groups is 2. The molecule has 0 aromatic carbocycles. The van der Waals surface area contributed by atoms with Crippen LogP contribution in [0.1, 0.15) is 0 Å². The quantitative estimate of drug-likeness (QED) is 0.591. The zero-order valence-corrected chi connectivity index (χ0v) is 7.59. The summed E-state index contributed by atoms with van der Waals surface area (Å²) in [6, 6.07) is 0. The molecule has 1 aliphatic rings. The molecule has 76 valence electrons. The Bertz CT molecular complexity index is 203. The monoisotopic (exact) mass is 194 g/mol. The summed E-state index contributed by atoms with van der Waals surface area (Å²) in [5.74, 6) is -2.94. The van der Waals surface area contributed by atoms with Gasteiger partial charge in [-0.3, -0.25) is 14.5 Å². The number of carbonyl (C=O) groups excluding carboxylic acids is 1. The molecular formula is C7H12F2N2O2. The van der Waals surface area contributed by atoms with Gasteiger partial charge in [0.15, 0.2) is 0 Å². The molecule has 0 aromatic rings. The standard InChI is InChI=1S/C7H12F2N2O2/c1-10(13-2)6(12)3-11-4-7(8,9)5-11/h3-5H2,1-2H3. The van der Waals surface area contributed by atoms with Crippen LogP contribution in [0.4, 0.5) is 8.78 Å². The van der Waals surface area contributed by atoms with Gasteiger partial charge in [-0.05, 0) is 0 Å². The van der Waals surface area contributed by atoms with Gasteiger partial charge in [0.1, 0.15) is 0 Å². The van der Waals surface area contributed by atoms with Crippen LogP contribution in [-0.4, -0.2) is 55.6 Å². The van der Waals surface area contributed by atoms with Crippen LogP contribution in [0.5, 0.6) is 0 Å². The number of hydrogen-bond donors (Lipinski definition) is 0. The zero-order chi connectivity index (χ0) is 10.1. The summed E-state index contributed by atoms with van der Waals surface area (Å²) in [5.41, 5.74) is 0. The molecule has 0 N–H and O–H groups in total. The fraction of sp³-hybridized carbons (Fsp3) is 0.857. The van der Waals surface area contributed by atoms with E-state index in [1.165, 1.54) is 19.1 Å². The third-order valence-electron chi connectivity index (χ3n) is 1.89. The van der Waals surface area contributed by atoms with Crippen molar-refractivity contribution >= 4 is 5.91 Å². The molecule has 6 heteroatoms. The number of rotatable bonds is 3. The Morgan fingerprint density at radius 1 is 1.62 bits per heavy atom. The molecule has 1 rings (SSSR count). The summed E-state index contributed by atoms with van der Waals surface area (Å²) < 4.78 is 24.6. The average molecular weight is 194 g/mol. The second-order valence-corrected chi connectivity index (χ2v) is 3.07. The minimum atomic E-state index is -2.62. The molecule has 0 aliphatic carbocycles. The van der Waals surface area contributed by atoms with Crippen molar-refractivity contribution < 1.29 is 18.4 Å². The zero-order valence-electron chi connectivity index (χ0n) is 7.59. The number of nitrogens with zero attached hydrogens (tertiary/aromatic N) is 2. The van der Waals surface area contributed by atoms with E-state index in [1.807, 2.05) is 0 Å². The van der Waals surface area contributed by atoms with E-state index in [0.717, 1.165) is 5.06 Å². The summed E-state index contributed by atoms with van der Waals surface area (Å²) in [6.07, 6.45) is 0. The molecule has 1 amide bonds. The number of likely N-dealkylation sites (N-methyl/N-ethyl adjacent to an activating group) is 1. The van der Waals surface area contributed by atoms with Crippen LogP contribution in [0.2, 0.25) is 0 Å². The lowest BCUT2D eigenvalue weighted by molar-refractivity contribution is -0.179. The normalized spacial score (nSPS) is 20.9. The van der Waals surface area contributed by atoms with Crippen molar-refractivity contribution in [1.82, 2.24) is 9.96 Å². The summed E-state index contributed by atoms with van der Waals surface area (Å²) in [6.45, 7) is -0.688. The van der Waals surface area contributed by atoms with E-state index in [0.29, 0.717) is 0 Å². The Morgan fingerprint density at radius 3 is 2.54 bits per heavy atom. The Hall–Kier alpha value is -0.750. The minimum Gasteiger partial charge on any atom is -0.282 e. The second-order valence-electron chi connectivity index (χ2n) is 3.07. The predicted molar refractivity (Wildman–Crippen MR) is 41.2 cm³/mol. The molecule has 0 radical (unpaired) electrons. The predicted octanol–water partition coefficient (Wildman–Crippen LogP) is -0.0429. The first-order valence-electron chi connectivity index (χ1n) is 3.85. The Kier molecular flexibility index (Phi) is 2.82. The van der Waals surface area contributed by atoms with Crippen LogP contribution in [0, 0.1) is 0 Å². The first-order valence-corrected chi connectivity index (χ1v) is 3.85. The molecule has 0 bridgehead atoms. The maximum Gasteiger partial charge on any atom is 0.272 e. The van der Waals surface area contributed by atoms with E-state index >= 15 is 0 Å². The van der Waals surface area contributed by atoms with E-state index in [1.54, 1.807) is 0 Å². The molecule has 13 heavy (non-hydrogen) atoms. The fourth-order valence-corrected chi connectivity index (χ4v) is 1.11. The molecule has 1 aliphatic heterocycles. The topological polar surface area (TPSA) is 32.8 Å². The van der Waals surface area contributed by atoms with E-state index in [4.69, 9.17) is 0 Å². The number of halogens is 2. The van der Waals surface area contributed by atoms with Crippen molar-refractivity contribution in [3.63, 3.8) is 0 Å². The largest absolute Gasteiger partial charge is 0.282 e. The van der Waals surface area contributed by atoms with Crippen LogP contribution < -0.4 is 0 Å². The SMILES string of the molecule is CON(C)C(=O)CN1CC(F)(F)C1. The lowest BCUT2D eigenvalue weighted by Crippen LogP contribution is -2.58. The Balaban J connectivity index is 2.24. The highest BCUT2D eigenvalue weighted by atomic mass is 19.3. The molecular weight excluding hydrogens is 182 g/mol. The summed E-state index contributed by atoms with van der Waals surface area (Å²) in [4.78, 5) is 17.1. The van der Waals surface area contributed by atoms with Crippen molar-refractivity contribution in [3.8, 4) is 0 Å². The van der Waals surface area contributed by atoms with Crippen molar-refractivity contribution in [3.05, 3.63) is 0 Å². The van der Waals surface area contributed by atoms with Crippen LogP contribution in [0.15, 0.2) is 0 Å². The van der Waals surface area contributed by atoms with Gasteiger partial charge in [0.05, 0.1) is 26.7 Å². The smallest absolute Gasteiger partial charge is 0.272 e. The summed E-state index contributed by atoms with van der Waals surface area (Å²) in [7, 11) is 2.79. The van der Waals surface area contributed by atoms with Gasteiger partial charge in [0, 0.05) is 7.05 Å². The number of alkyl halides is 2. The van der Waals surface area contributed by atoms with Gasteiger partial charge in [-0.2, -0.15) is 0 Å². The van der Waals surface area contributed by atoms with Crippen LogP contribution >= 0.6 is 0 Å². The highest BCUT2D eigenvalue weighted by Crippen LogP contribution is 2.25. The molecule has 1 fully saturated rings. The van der Waals surface area contributed by atoms with Gasteiger partial charge in [0.25, 0.3) is 11.8 Å². The third kappa shape index (κ3) is 2.60. The molecule has 0 spiro atoms. The van der Waals surface area contributed by atoms with Gasteiger partial charge >= 0.3 is 0 Å². The summed E-state index contributed by atoms with van der Waals surface area (Å²) in [5, 5.41) is 1.02. The van der Waals surface area contributed by atoms with Gasteiger partial charge in [0.2, 0.25) is 0 Å². The van der Waals surface area contributed by atoms with Gasteiger partial charge in [-0.1, -0.05) is 0 Å². The third-order valence-corrected chi connectivity index (χ3v) is 1.89. The van der Waals surface area contributed by atoms with E-state index in [9.17, 15) is 13.6 Å². The van der Waals surface area contributed by atoms with Crippen molar-refractivity contribution in [1.29, 1.82) is 0 Å². The van der Waals surface area contributed by atoms with Gasteiger partial charge in [-0.25, -0.2) is 13.8 Å². The molecule has 0 aromatic heterocycles. The first-order chi connectivity index (χ1) is 5.94. The maximum absolute atomic E-state index is 12.3. The van der Waals surface area contributed by atoms with Gasteiger partial charge < -0.3 is 0 Å². The molecule has 1 saturated heterocycles. The van der Waals surface area contributed by atoms with Crippen molar-refractivity contribution in [2.24, 2.45) is 0 Å². The van der Waals surface area contributed by atoms with Crippen LogP contribution in [0.3, 0.4) is 0 Å². The Labute approximate surface area is 75.0 Å². The van der Waals surface area contributed by atoms with Crippen molar-refractivity contribution in [2.45, 2.75) is 5.92 Å². The number of hydrogen-bond acceptors (Lipinski definition) is 3. The number of likely N-dealkylation sites (tertiary alicyclic amines) is 1. The average Bonchev–Trinajstić information content (AvgIpc) is 1.99. The number of carbonyl (C=O) groups is 1. The number of amides is 1. The molecule has 1 heterocycles. The Morgan fingerprint density at radius 2 is 2.15 bits per heavy atom. The van der Waals surface area contributed by atoms with E-state index in [-0.39, 0.29) is 25.5 Å². The van der Waals surface area contributed by atoms with Crippen LogP contribution in [-0.2, 0) is 9.63 Å². The molecule has 0 saturated carbocycles. The maximum atomic E-state index is 12.3.